The number of ether oxygens (including phenoxy) is 5. The van der Waals surface area contributed by atoms with Gasteiger partial charge in [0.25, 0.3) is 0 Å². The Bertz CT molecular complexity index is 1540. The van der Waals surface area contributed by atoms with Crippen molar-refractivity contribution in [2.24, 2.45) is 0 Å². The summed E-state index contributed by atoms with van der Waals surface area (Å²) in [5.41, 5.74) is 2.31. The van der Waals surface area contributed by atoms with Gasteiger partial charge in [0.05, 0.1) is 13.2 Å². The summed E-state index contributed by atoms with van der Waals surface area (Å²) >= 11 is 0. The van der Waals surface area contributed by atoms with Crippen LogP contribution in [-0.4, -0.2) is 113 Å². The lowest BCUT2D eigenvalue weighted by Crippen LogP contribution is -2.43. The highest BCUT2D eigenvalue weighted by atomic mass is 16.6. The van der Waals surface area contributed by atoms with E-state index in [2.05, 4.69) is 37.6 Å². The summed E-state index contributed by atoms with van der Waals surface area (Å²) in [6.07, 6.45) is 8.06. The fourth-order valence-corrected chi connectivity index (χ4v) is 5.62. The molecule has 2 aromatic rings. The Hall–Kier alpha value is -5.12. The van der Waals surface area contributed by atoms with Gasteiger partial charge in [0.1, 0.15) is 25.4 Å². The van der Waals surface area contributed by atoms with E-state index in [-0.39, 0.29) is 25.9 Å². The first kappa shape index (κ1) is 47.3. The molecule has 5 N–H and O–H groups in total. The summed E-state index contributed by atoms with van der Waals surface area (Å²) in [7, 11) is 0. The Labute approximate surface area is 343 Å². The van der Waals surface area contributed by atoms with Crippen molar-refractivity contribution < 1.29 is 42.9 Å². The second-order valence-electron chi connectivity index (χ2n) is 14.8. The monoisotopic (exact) mass is 808 g/mol. The van der Waals surface area contributed by atoms with Gasteiger partial charge in [-0.3, -0.25) is 4.90 Å². The second-order valence-corrected chi connectivity index (χ2v) is 14.8. The molecule has 0 spiro atoms. The summed E-state index contributed by atoms with van der Waals surface area (Å²) in [5.74, 6) is 0. The van der Waals surface area contributed by atoms with Crippen LogP contribution < -0.4 is 26.6 Å². The van der Waals surface area contributed by atoms with Crippen molar-refractivity contribution in [3.63, 3.8) is 0 Å². The number of nitrogens with one attached hydrogen (secondary N) is 5. The molecule has 1 atom stereocenters. The average molecular weight is 809 g/mol. The molecule has 0 bridgehead atoms. The highest BCUT2D eigenvalue weighted by Crippen LogP contribution is 2.12. The lowest BCUT2D eigenvalue weighted by molar-refractivity contribution is 0.0526. The van der Waals surface area contributed by atoms with E-state index in [4.69, 9.17) is 23.7 Å². The third-order valence-corrected chi connectivity index (χ3v) is 8.64. The first-order valence-electron chi connectivity index (χ1n) is 20.2. The summed E-state index contributed by atoms with van der Waals surface area (Å²) in [5, 5.41) is 14.7. The second kappa shape index (κ2) is 28.3. The quantitative estimate of drug-likeness (QED) is 0.0572. The number of carbonyl (C=O) groups excluding carboxylic acids is 4. The Morgan fingerprint density at radius 3 is 1.90 bits per heavy atom. The van der Waals surface area contributed by atoms with Gasteiger partial charge in [-0.1, -0.05) is 78.9 Å². The molecule has 0 saturated heterocycles. The van der Waals surface area contributed by atoms with Crippen LogP contribution >= 0.6 is 0 Å². The molecule has 0 heterocycles. The summed E-state index contributed by atoms with van der Waals surface area (Å²) in [4.78, 5) is 51.3. The zero-order valence-corrected chi connectivity index (χ0v) is 34.4. The minimum atomic E-state index is -0.564. The number of allylic oxidation sites excluding steroid dienone is 3. The molecule has 4 amide bonds. The molecule has 0 aromatic heterocycles. The number of carbonyl (C=O) groups is 4. The van der Waals surface area contributed by atoms with Crippen LogP contribution in [0.15, 0.2) is 84.5 Å². The molecule has 0 aliphatic heterocycles. The fourth-order valence-electron chi connectivity index (χ4n) is 5.62. The van der Waals surface area contributed by atoms with Gasteiger partial charge < -0.3 is 50.3 Å². The van der Waals surface area contributed by atoms with Crippen molar-refractivity contribution in [2.45, 2.75) is 77.7 Å². The SMILES string of the molecule is CC(C)(C)OC(=O)NCCCCC(CNCCOCCN(CCNC(=O)OCC1=CC=CCC1)CCNC(=O)OCc1ccccc1)NC(=O)OCc1ccccc1. The maximum Gasteiger partial charge on any atom is 0.407 e. The number of benzene rings is 2. The van der Waals surface area contributed by atoms with Gasteiger partial charge in [-0.05, 0) is 69.6 Å². The maximum absolute atomic E-state index is 12.7. The number of nitrogens with zero attached hydrogens (tertiary/aromatic N) is 1. The van der Waals surface area contributed by atoms with Crippen LogP contribution in [0.5, 0.6) is 0 Å². The van der Waals surface area contributed by atoms with Crippen molar-refractivity contribution in [3.8, 4) is 0 Å². The number of alkyl carbamates (subject to hydrolysis) is 4. The topological polar surface area (TPSA) is 178 Å². The highest BCUT2D eigenvalue weighted by molar-refractivity contribution is 5.68. The van der Waals surface area contributed by atoms with Gasteiger partial charge in [0.2, 0.25) is 0 Å². The summed E-state index contributed by atoms with van der Waals surface area (Å²) in [6, 6.07) is 18.7. The number of rotatable bonds is 26. The van der Waals surface area contributed by atoms with E-state index in [0.29, 0.717) is 78.4 Å². The molecule has 0 radical (unpaired) electrons. The van der Waals surface area contributed by atoms with E-state index < -0.39 is 30.0 Å². The van der Waals surface area contributed by atoms with E-state index in [1.807, 2.05) is 93.6 Å². The molecule has 0 saturated carbocycles. The fraction of sp³-hybridized carbons (Fsp3) is 0.535. The predicted octanol–water partition coefficient (Wildman–Crippen LogP) is 5.81. The van der Waals surface area contributed by atoms with Gasteiger partial charge >= 0.3 is 24.4 Å². The van der Waals surface area contributed by atoms with E-state index in [1.165, 1.54) is 0 Å². The molecule has 1 unspecified atom stereocenters. The third kappa shape index (κ3) is 23.8. The smallest absolute Gasteiger partial charge is 0.407 e. The third-order valence-electron chi connectivity index (χ3n) is 8.64. The van der Waals surface area contributed by atoms with Gasteiger partial charge in [0, 0.05) is 58.4 Å². The zero-order chi connectivity index (χ0) is 41.7. The molecule has 3 rings (SSSR count). The van der Waals surface area contributed by atoms with Crippen LogP contribution in [-0.2, 0) is 36.9 Å². The van der Waals surface area contributed by atoms with E-state index in [1.54, 1.807) is 0 Å². The number of amides is 4. The van der Waals surface area contributed by atoms with Crippen LogP contribution in [0.2, 0.25) is 0 Å². The average Bonchev–Trinajstić information content (AvgIpc) is 3.21. The van der Waals surface area contributed by atoms with Crippen LogP contribution in [0.1, 0.15) is 64.0 Å². The molecule has 2 aromatic carbocycles. The van der Waals surface area contributed by atoms with Gasteiger partial charge in [-0.15, -0.1) is 0 Å². The first-order chi connectivity index (χ1) is 28.1. The Kier molecular flexibility index (Phi) is 23.1. The van der Waals surface area contributed by atoms with Crippen LogP contribution in [0.25, 0.3) is 0 Å². The van der Waals surface area contributed by atoms with Crippen molar-refractivity contribution >= 4 is 24.4 Å². The van der Waals surface area contributed by atoms with Crippen molar-refractivity contribution in [1.82, 2.24) is 31.5 Å². The predicted molar refractivity (Wildman–Crippen MR) is 222 cm³/mol. The lowest BCUT2D eigenvalue weighted by Gasteiger charge is -2.23. The molecule has 0 fully saturated rings. The van der Waals surface area contributed by atoms with E-state index >= 15 is 0 Å². The summed E-state index contributed by atoms with van der Waals surface area (Å²) < 4.78 is 27.4. The zero-order valence-electron chi connectivity index (χ0n) is 34.4. The van der Waals surface area contributed by atoms with Crippen LogP contribution in [0.4, 0.5) is 19.2 Å². The molecule has 15 heteroatoms. The molecule has 15 nitrogen and oxygen atoms in total. The lowest BCUT2D eigenvalue weighted by atomic mass is 10.1. The van der Waals surface area contributed by atoms with Gasteiger partial charge in [-0.2, -0.15) is 0 Å². The van der Waals surface area contributed by atoms with Crippen molar-refractivity contribution in [3.05, 3.63) is 95.6 Å². The maximum atomic E-state index is 12.7. The van der Waals surface area contributed by atoms with E-state index in [9.17, 15) is 19.2 Å². The molecular formula is C43H64N6O9. The first-order valence-corrected chi connectivity index (χ1v) is 20.2. The highest BCUT2D eigenvalue weighted by Gasteiger charge is 2.17. The van der Waals surface area contributed by atoms with Crippen molar-refractivity contribution in [1.29, 1.82) is 0 Å². The van der Waals surface area contributed by atoms with Crippen molar-refractivity contribution in [2.75, 3.05) is 72.2 Å². The van der Waals surface area contributed by atoms with Gasteiger partial charge in [0.15, 0.2) is 0 Å². The molecule has 1 aliphatic rings. The number of hydrogen-bond acceptors (Lipinski definition) is 11. The Morgan fingerprint density at radius 2 is 1.29 bits per heavy atom. The minimum Gasteiger partial charge on any atom is -0.445 e. The van der Waals surface area contributed by atoms with Crippen LogP contribution in [0.3, 0.4) is 0 Å². The summed E-state index contributed by atoms with van der Waals surface area (Å²) in [6.45, 7) is 10.7. The Morgan fingerprint density at radius 1 is 0.690 bits per heavy atom. The minimum absolute atomic E-state index is 0.169. The normalized spacial score (nSPS) is 12.9. The number of unbranched alkanes of at least 4 members (excludes halogenated alkanes) is 1. The molecule has 58 heavy (non-hydrogen) atoms. The van der Waals surface area contributed by atoms with Crippen LogP contribution in [0, 0.1) is 0 Å². The Balaban J connectivity index is 1.39. The molecule has 320 valence electrons. The molecular weight excluding hydrogens is 745 g/mol. The largest absolute Gasteiger partial charge is 0.445 e. The molecule has 1 aliphatic carbocycles. The number of hydrogen-bond donors (Lipinski definition) is 5. The van der Waals surface area contributed by atoms with E-state index in [0.717, 1.165) is 36.0 Å². The standard InChI is InChI=1S/C43H64N6O9/c1-43(2,3)58-41(52)45-22-14-13-21-38(48-42(53)57-34-37-19-11-6-12-20-37)31-44-25-29-54-30-28-49(26-23-46-39(50)55-32-35-15-7-4-8-16-35)27-24-47-40(51)56-33-36-17-9-5-10-18-36/h4-9,11-12,15-17,19-20,38,44H,10,13-14,18,21-34H2,1-3H3,(H,45,52)(H,46,50)(H,47,51)(H,48,53). The van der Waals surface area contributed by atoms with Gasteiger partial charge in [-0.25, -0.2) is 19.2 Å².